The molecule has 5 N–H and O–H groups in total. The van der Waals surface area contributed by atoms with Gasteiger partial charge in [0.25, 0.3) is 0 Å². The lowest BCUT2D eigenvalue weighted by Crippen LogP contribution is -2.35. The van der Waals surface area contributed by atoms with Crippen LogP contribution in [0.2, 0.25) is 0 Å². The van der Waals surface area contributed by atoms with Crippen LogP contribution < -0.4 is 11.4 Å². The number of aliphatic hydroxyl groups is 3. The number of halogens is 1. The highest BCUT2D eigenvalue weighted by Crippen LogP contribution is 2.31. The second-order valence-corrected chi connectivity index (χ2v) is 4.00. The van der Waals surface area contributed by atoms with E-state index in [9.17, 15) is 24.5 Å². The molecule has 1 aliphatic heterocycles. The number of ether oxygens (including phenoxy) is 1. The molecule has 0 amide bonds. The maximum atomic E-state index is 12.2. The van der Waals surface area contributed by atoms with Crippen molar-refractivity contribution in [3.63, 3.8) is 0 Å². The van der Waals surface area contributed by atoms with Gasteiger partial charge in [0, 0.05) is 6.20 Å². The minimum absolute atomic E-state index is 0.0164. The van der Waals surface area contributed by atoms with Gasteiger partial charge in [0.05, 0.1) is 0 Å². The predicted molar refractivity (Wildman–Crippen MR) is 60.7 cm³/mol. The van der Waals surface area contributed by atoms with E-state index in [1.165, 1.54) is 12.3 Å². The molecular weight excluding hydrogens is 261 g/mol. The summed E-state index contributed by atoms with van der Waals surface area (Å²) in [5.41, 5.74) is 4.50. The highest BCUT2D eigenvalue weighted by Gasteiger charge is 2.46. The van der Waals surface area contributed by atoms with E-state index in [4.69, 9.17) is 10.5 Å². The number of aliphatic hydroxyl groups excluding tert-OH is 3. The summed E-state index contributed by atoms with van der Waals surface area (Å²) >= 11 is 0. The lowest BCUT2D eigenvalue weighted by atomic mass is 10.1. The predicted octanol–water partition coefficient (Wildman–Crippen LogP) is -1.19. The highest BCUT2D eigenvalue weighted by molar-refractivity contribution is 5.23. The number of nitrogen functional groups attached to an aromatic ring is 1. The van der Waals surface area contributed by atoms with Gasteiger partial charge in [0.15, 0.2) is 12.0 Å². The molecule has 0 aliphatic carbocycles. The van der Waals surface area contributed by atoms with Gasteiger partial charge >= 0.3 is 5.69 Å². The molecule has 1 saturated heterocycles. The van der Waals surface area contributed by atoms with Crippen LogP contribution in [-0.2, 0) is 4.74 Å². The smallest absolute Gasteiger partial charge is 0.351 e. The third-order valence-corrected chi connectivity index (χ3v) is 2.77. The Bertz CT molecular complexity index is 560. The van der Waals surface area contributed by atoms with Gasteiger partial charge in [-0.25, -0.2) is 9.18 Å². The molecule has 0 unspecified atom stereocenters. The Labute approximate surface area is 106 Å². The van der Waals surface area contributed by atoms with Crippen molar-refractivity contribution in [3.8, 4) is 0 Å². The zero-order chi connectivity index (χ0) is 14.2. The Morgan fingerprint density at radius 2 is 2.21 bits per heavy atom. The van der Waals surface area contributed by atoms with E-state index in [1.807, 2.05) is 0 Å². The molecule has 2 heterocycles. The SMILES string of the molecule is Nc1ccn([C@@H]2O[C@H](/C(O)=C\F)[C@@H](O)[C@H]2O)c(=O)n1. The second-order valence-electron chi connectivity index (χ2n) is 4.00. The normalized spacial score (nSPS) is 31.6. The van der Waals surface area contributed by atoms with Crippen LogP contribution in [0.3, 0.4) is 0 Å². The number of rotatable bonds is 2. The molecule has 0 bridgehead atoms. The molecule has 1 fully saturated rings. The van der Waals surface area contributed by atoms with Crippen molar-refractivity contribution in [1.82, 2.24) is 9.55 Å². The van der Waals surface area contributed by atoms with E-state index in [0.717, 1.165) is 4.57 Å². The van der Waals surface area contributed by atoms with E-state index in [-0.39, 0.29) is 12.1 Å². The van der Waals surface area contributed by atoms with Gasteiger partial charge in [-0.3, -0.25) is 4.57 Å². The van der Waals surface area contributed by atoms with E-state index in [0.29, 0.717) is 0 Å². The van der Waals surface area contributed by atoms with Gasteiger partial charge in [-0.15, -0.1) is 0 Å². The third kappa shape index (κ3) is 2.30. The number of nitrogens with two attached hydrogens (primary N) is 1. The number of hydrogen-bond acceptors (Lipinski definition) is 7. The first-order valence-electron chi connectivity index (χ1n) is 5.31. The molecule has 0 saturated carbocycles. The first-order valence-corrected chi connectivity index (χ1v) is 5.31. The molecule has 2 rings (SSSR count). The molecule has 1 aromatic heterocycles. The molecule has 0 radical (unpaired) electrons. The van der Waals surface area contributed by atoms with Crippen LogP contribution in [0.4, 0.5) is 10.2 Å². The minimum Gasteiger partial charge on any atom is -0.507 e. The fourth-order valence-electron chi connectivity index (χ4n) is 1.82. The molecule has 104 valence electrons. The zero-order valence-electron chi connectivity index (χ0n) is 9.55. The third-order valence-electron chi connectivity index (χ3n) is 2.77. The van der Waals surface area contributed by atoms with Gasteiger partial charge in [0.2, 0.25) is 0 Å². The summed E-state index contributed by atoms with van der Waals surface area (Å²) in [5.74, 6) is -0.900. The maximum Gasteiger partial charge on any atom is 0.351 e. The summed E-state index contributed by atoms with van der Waals surface area (Å²) in [4.78, 5) is 15.0. The van der Waals surface area contributed by atoms with E-state index < -0.39 is 36.0 Å². The van der Waals surface area contributed by atoms with Crippen LogP contribution in [0.25, 0.3) is 0 Å². The average molecular weight is 273 g/mol. The fourth-order valence-corrected chi connectivity index (χ4v) is 1.82. The molecule has 0 spiro atoms. The Kier molecular flexibility index (Phi) is 3.51. The standard InChI is InChI=1S/C10H12FN3O5/c11-3-4(15)8-6(16)7(17)9(19-8)14-2-1-5(12)13-10(14)18/h1-3,6-9,15-17H,(H2,12,13,18)/b4-3+/t6-,7+,8+,9+/m0/s1. The van der Waals surface area contributed by atoms with Crippen LogP contribution in [-0.4, -0.2) is 43.2 Å². The van der Waals surface area contributed by atoms with Crippen LogP contribution in [0.5, 0.6) is 0 Å². The average Bonchev–Trinajstić information content (AvgIpc) is 2.66. The molecule has 9 heteroatoms. The van der Waals surface area contributed by atoms with Crippen molar-refractivity contribution < 1.29 is 24.4 Å². The lowest BCUT2D eigenvalue weighted by molar-refractivity contribution is -0.0393. The van der Waals surface area contributed by atoms with Gasteiger partial charge in [0.1, 0.15) is 30.5 Å². The second kappa shape index (κ2) is 4.96. The fraction of sp³-hybridized carbons (Fsp3) is 0.400. The van der Waals surface area contributed by atoms with Gasteiger partial charge in [-0.05, 0) is 6.07 Å². The summed E-state index contributed by atoms with van der Waals surface area (Å²) in [6, 6.07) is 1.29. The molecular formula is C10H12FN3O5. The first-order chi connectivity index (χ1) is 8.95. The quantitative estimate of drug-likeness (QED) is 0.498. The minimum atomic E-state index is -1.58. The van der Waals surface area contributed by atoms with Crippen molar-refractivity contribution in [1.29, 1.82) is 0 Å². The number of aromatic nitrogens is 2. The van der Waals surface area contributed by atoms with Crippen LogP contribution in [0.15, 0.2) is 29.1 Å². The Balaban J connectivity index is 2.34. The van der Waals surface area contributed by atoms with Gasteiger partial charge in [-0.2, -0.15) is 4.98 Å². The van der Waals surface area contributed by atoms with Crippen molar-refractivity contribution in [2.75, 3.05) is 5.73 Å². The van der Waals surface area contributed by atoms with Crippen LogP contribution in [0, 0.1) is 0 Å². The monoisotopic (exact) mass is 273 g/mol. The largest absolute Gasteiger partial charge is 0.507 e. The number of nitrogens with zero attached hydrogens (tertiary/aromatic N) is 2. The van der Waals surface area contributed by atoms with Gasteiger partial charge in [-0.1, -0.05) is 0 Å². The molecule has 4 atom stereocenters. The van der Waals surface area contributed by atoms with Gasteiger partial charge < -0.3 is 25.8 Å². The molecule has 1 aromatic rings. The Hall–Kier alpha value is -1.97. The number of hydrogen-bond donors (Lipinski definition) is 4. The number of anilines is 1. The molecule has 8 nitrogen and oxygen atoms in total. The van der Waals surface area contributed by atoms with Crippen molar-refractivity contribution in [2.24, 2.45) is 0 Å². The van der Waals surface area contributed by atoms with E-state index in [1.54, 1.807) is 0 Å². The first kappa shape index (κ1) is 13.5. The highest BCUT2D eigenvalue weighted by atomic mass is 19.1. The molecule has 0 aromatic carbocycles. The summed E-state index contributed by atoms with van der Waals surface area (Å²) in [7, 11) is 0. The summed E-state index contributed by atoms with van der Waals surface area (Å²) in [6.45, 7) is 0. The summed E-state index contributed by atoms with van der Waals surface area (Å²) in [6.07, 6.45) is -4.83. The van der Waals surface area contributed by atoms with E-state index >= 15 is 0 Å². The van der Waals surface area contributed by atoms with Crippen LogP contribution in [0.1, 0.15) is 6.23 Å². The Morgan fingerprint density at radius 3 is 2.79 bits per heavy atom. The molecule has 1 aliphatic rings. The zero-order valence-corrected chi connectivity index (χ0v) is 9.55. The van der Waals surface area contributed by atoms with Crippen molar-refractivity contribution in [2.45, 2.75) is 24.5 Å². The van der Waals surface area contributed by atoms with Crippen LogP contribution >= 0.6 is 0 Å². The van der Waals surface area contributed by atoms with E-state index in [2.05, 4.69) is 4.98 Å². The lowest BCUT2D eigenvalue weighted by Gasteiger charge is -2.16. The Morgan fingerprint density at radius 1 is 1.53 bits per heavy atom. The maximum absolute atomic E-state index is 12.2. The summed E-state index contributed by atoms with van der Waals surface area (Å²) in [5, 5.41) is 28.6. The van der Waals surface area contributed by atoms with Crippen molar-refractivity contribution >= 4 is 5.82 Å². The van der Waals surface area contributed by atoms with Crippen molar-refractivity contribution in [3.05, 3.63) is 34.8 Å². The summed E-state index contributed by atoms with van der Waals surface area (Å²) < 4.78 is 18.2. The topological polar surface area (TPSA) is 131 Å². The molecule has 19 heavy (non-hydrogen) atoms.